The van der Waals surface area contributed by atoms with E-state index in [1.165, 1.54) is 12.1 Å². The first-order valence-electron chi connectivity index (χ1n) is 8.63. The maximum Gasteiger partial charge on any atom is 0.226 e. The van der Waals surface area contributed by atoms with Crippen molar-refractivity contribution in [2.75, 3.05) is 6.54 Å². The van der Waals surface area contributed by atoms with Crippen LogP contribution >= 0.6 is 11.6 Å². The van der Waals surface area contributed by atoms with Crippen molar-refractivity contribution in [2.45, 2.75) is 47.1 Å². The molecule has 1 aliphatic rings. The molecule has 1 saturated carbocycles. The average molecular weight is 369 g/mol. The molecule has 0 radical (unpaired) electrons. The molecule has 2 rings (SSSR count). The molecule has 138 valence electrons. The van der Waals surface area contributed by atoms with Crippen LogP contribution in [0.4, 0.5) is 4.39 Å². The molecule has 1 aliphatic carbocycles. The minimum Gasteiger partial charge on any atom is -0.356 e. The molecule has 2 atom stereocenters. The highest BCUT2D eigenvalue weighted by Gasteiger charge is 2.57. The number of benzene rings is 1. The van der Waals surface area contributed by atoms with Crippen molar-refractivity contribution in [3.8, 4) is 0 Å². The first-order valence-corrected chi connectivity index (χ1v) is 9.01. The van der Waals surface area contributed by atoms with E-state index in [0.717, 1.165) is 5.56 Å². The molecule has 0 saturated heterocycles. The molecule has 0 unspecified atom stereocenters. The van der Waals surface area contributed by atoms with E-state index < -0.39 is 16.6 Å². The summed E-state index contributed by atoms with van der Waals surface area (Å²) in [6.07, 6.45) is 1.34. The minimum atomic E-state index is -0.646. The van der Waals surface area contributed by atoms with Crippen LogP contribution in [0.15, 0.2) is 18.2 Å². The third-order valence-electron chi connectivity index (χ3n) is 5.83. The lowest BCUT2D eigenvalue weighted by atomic mass is 9.65. The summed E-state index contributed by atoms with van der Waals surface area (Å²) in [4.78, 5) is 25.2. The third kappa shape index (κ3) is 3.66. The van der Waals surface area contributed by atoms with E-state index in [2.05, 4.69) is 10.6 Å². The zero-order valence-corrected chi connectivity index (χ0v) is 16.0. The largest absolute Gasteiger partial charge is 0.356 e. The standard InChI is InChI=1S/C19H26ClFN2O2/c1-5-22-16(24)13-8-9-19(4,18(13,2)3)17(25)23-11-12-6-7-15(21)14(20)10-12/h6-7,10,13H,5,8-9,11H2,1-4H3,(H,22,24)(H,23,25)/t13-,19+/m1/s1. The summed E-state index contributed by atoms with van der Waals surface area (Å²) in [5.41, 5.74) is -0.372. The Bertz CT molecular complexity index is 677. The zero-order valence-electron chi connectivity index (χ0n) is 15.2. The Hall–Kier alpha value is -1.62. The number of halogens is 2. The normalized spacial score (nSPS) is 24.8. The molecule has 6 heteroatoms. The van der Waals surface area contributed by atoms with Gasteiger partial charge in [0.15, 0.2) is 0 Å². The molecule has 1 aromatic rings. The van der Waals surface area contributed by atoms with E-state index in [0.29, 0.717) is 19.4 Å². The minimum absolute atomic E-state index is 0.00865. The van der Waals surface area contributed by atoms with Crippen LogP contribution in [0, 0.1) is 22.6 Å². The fourth-order valence-corrected chi connectivity index (χ4v) is 3.89. The van der Waals surface area contributed by atoms with Gasteiger partial charge in [-0.3, -0.25) is 9.59 Å². The van der Waals surface area contributed by atoms with Crippen molar-refractivity contribution < 1.29 is 14.0 Å². The van der Waals surface area contributed by atoms with Gasteiger partial charge < -0.3 is 10.6 Å². The van der Waals surface area contributed by atoms with Gasteiger partial charge >= 0.3 is 0 Å². The fraction of sp³-hybridized carbons (Fsp3) is 0.579. The number of carbonyl (C=O) groups excluding carboxylic acids is 2. The van der Waals surface area contributed by atoms with Crippen molar-refractivity contribution in [1.82, 2.24) is 10.6 Å². The Kier molecular flexibility index (Phi) is 5.77. The molecule has 1 fully saturated rings. The first-order chi connectivity index (χ1) is 11.6. The van der Waals surface area contributed by atoms with E-state index in [9.17, 15) is 14.0 Å². The molecule has 2 amide bonds. The van der Waals surface area contributed by atoms with Gasteiger partial charge in [-0.25, -0.2) is 4.39 Å². The average Bonchev–Trinajstić information content (AvgIpc) is 2.79. The monoisotopic (exact) mass is 368 g/mol. The molecular weight excluding hydrogens is 343 g/mol. The Morgan fingerprint density at radius 2 is 1.96 bits per heavy atom. The SMILES string of the molecule is CCNC(=O)[C@H]1CC[C@@](C)(C(=O)NCc2ccc(F)c(Cl)c2)C1(C)C. The van der Waals surface area contributed by atoms with Crippen LogP contribution in [-0.2, 0) is 16.1 Å². The van der Waals surface area contributed by atoms with Crippen LogP contribution in [-0.4, -0.2) is 18.4 Å². The first kappa shape index (κ1) is 19.7. The summed E-state index contributed by atoms with van der Waals surface area (Å²) in [7, 11) is 0. The lowest BCUT2D eigenvalue weighted by molar-refractivity contribution is -0.139. The Labute approximate surface area is 153 Å². The maximum absolute atomic E-state index is 13.2. The zero-order chi connectivity index (χ0) is 18.8. The van der Waals surface area contributed by atoms with E-state index in [1.807, 2.05) is 27.7 Å². The number of nitrogens with one attached hydrogen (secondary N) is 2. The van der Waals surface area contributed by atoms with Gasteiger partial charge in [-0.1, -0.05) is 38.4 Å². The second kappa shape index (κ2) is 7.32. The Balaban J connectivity index is 2.09. The van der Waals surface area contributed by atoms with Crippen LogP contribution in [0.25, 0.3) is 0 Å². The highest BCUT2D eigenvalue weighted by atomic mass is 35.5. The van der Waals surface area contributed by atoms with Gasteiger partial charge in [-0.05, 0) is 42.9 Å². The van der Waals surface area contributed by atoms with Crippen molar-refractivity contribution in [1.29, 1.82) is 0 Å². The molecule has 0 bridgehead atoms. The number of amides is 2. The van der Waals surface area contributed by atoms with Crippen LogP contribution < -0.4 is 10.6 Å². The van der Waals surface area contributed by atoms with Gasteiger partial charge in [0.1, 0.15) is 5.82 Å². The molecular formula is C19H26ClFN2O2. The molecule has 0 aromatic heterocycles. The molecule has 25 heavy (non-hydrogen) atoms. The Morgan fingerprint density at radius 3 is 2.56 bits per heavy atom. The van der Waals surface area contributed by atoms with Crippen molar-refractivity contribution in [3.63, 3.8) is 0 Å². The summed E-state index contributed by atoms with van der Waals surface area (Å²) in [6.45, 7) is 8.62. The molecule has 2 N–H and O–H groups in total. The highest BCUT2D eigenvalue weighted by molar-refractivity contribution is 6.30. The van der Waals surface area contributed by atoms with Gasteiger partial charge in [-0.2, -0.15) is 0 Å². The van der Waals surface area contributed by atoms with Gasteiger partial charge in [0.25, 0.3) is 0 Å². The number of rotatable bonds is 5. The predicted octanol–water partition coefficient (Wildman–Crippen LogP) is 3.67. The van der Waals surface area contributed by atoms with Gasteiger partial charge in [0, 0.05) is 19.0 Å². The lowest BCUT2D eigenvalue weighted by Crippen LogP contribution is -2.49. The smallest absolute Gasteiger partial charge is 0.226 e. The predicted molar refractivity (Wildman–Crippen MR) is 96.6 cm³/mol. The fourth-order valence-electron chi connectivity index (χ4n) is 3.69. The van der Waals surface area contributed by atoms with E-state index in [-0.39, 0.29) is 29.3 Å². The van der Waals surface area contributed by atoms with E-state index in [4.69, 9.17) is 11.6 Å². The highest BCUT2D eigenvalue weighted by Crippen LogP contribution is 2.56. The van der Waals surface area contributed by atoms with Crippen molar-refractivity contribution in [3.05, 3.63) is 34.6 Å². The van der Waals surface area contributed by atoms with Crippen LogP contribution in [0.3, 0.4) is 0 Å². The number of hydrogen-bond donors (Lipinski definition) is 2. The second-order valence-electron chi connectivity index (χ2n) is 7.47. The number of hydrogen-bond acceptors (Lipinski definition) is 2. The lowest BCUT2D eigenvalue weighted by Gasteiger charge is -2.39. The van der Waals surface area contributed by atoms with E-state index in [1.54, 1.807) is 6.07 Å². The van der Waals surface area contributed by atoms with Crippen LogP contribution in [0.5, 0.6) is 0 Å². The van der Waals surface area contributed by atoms with Gasteiger partial charge in [-0.15, -0.1) is 0 Å². The van der Waals surface area contributed by atoms with E-state index >= 15 is 0 Å². The van der Waals surface area contributed by atoms with Crippen LogP contribution in [0.1, 0.15) is 46.1 Å². The second-order valence-corrected chi connectivity index (χ2v) is 7.88. The molecule has 0 heterocycles. The maximum atomic E-state index is 13.2. The van der Waals surface area contributed by atoms with Crippen molar-refractivity contribution in [2.24, 2.45) is 16.7 Å². The summed E-state index contributed by atoms with van der Waals surface area (Å²) in [5, 5.41) is 5.83. The number of carbonyl (C=O) groups is 2. The van der Waals surface area contributed by atoms with Gasteiger partial charge in [0.2, 0.25) is 11.8 Å². The third-order valence-corrected chi connectivity index (χ3v) is 6.12. The molecule has 0 spiro atoms. The summed E-state index contributed by atoms with van der Waals surface area (Å²) >= 11 is 5.78. The summed E-state index contributed by atoms with van der Waals surface area (Å²) < 4.78 is 13.2. The van der Waals surface area contributed by atoms with Crippen LogP contribution in [0.2, 0.25) is 5.02 Å². The molecule has 1 aromatic carbocycles. The Morgan fingerprint density at radius 1 is 1.28 bits per heavy atom. The molecule has 4 nitrogen and oxygen atoms in total. The molecule has 0 aliphatic heterocycles. The topological polar surface area (TPSA) is 58.2 Å². The van der Waals surface area contributed by atoms with Gasteiger partial charge in [0.05, 0.1) is 10.4 Å². The summed E-state index contributed by atoms with van der Waals surface area (Å²) in [6, 6.07) is 4.40. The summed E-state index contributed by atoms with van der Waals surface area (Å²) in [5.74, 6) is -0.757. The van der Waals surface area contributed by atoms with Crippen molar-refractivity contribution >= 4 is 23.4 Å². The quantitative estimate of drug-likeness (QED) is 0.833.